The normalized spacial score (nSPS) is 40.6. The van der Waals surface area contributed by atoms with Crippen molar-refractivity contribution < 1.29 is 8.42 Å². The van der Waals surface area contributed by atoms with Crippen LogP contribution in [0.4, 0.5) is 0 Å². The van der Waals surface area contributed by atoms with Gasteiger partial charge in [0.05, 0.1) is 5.54 Å². The van der Waals surface area contributed by atoms with Gasteiger partial charge in [0.15, 0.2) is 6.33 Å². The first kappa shape index (κ1) is 17.1. The number of hydrogen-bond donors (Lipinski definition) is 1. The third kappa shape index (κ3) is 2.79. The molecule has 144 valence electrons. The van der Waals surface area contributed by atoms with Crippen molar-refractivity contribution in [2.24, 2.45) is 11.8 Å². The summed E-state index contributed by atoms with van der Waals surface area (Å²) in [5.41, 5.74) is -0.509. The molecule has 0 aromatic carbocycles. The summed E-state index contributed by atoms with van der Waals surface area (Å²) in [5, 5.41) is 12.5. The van der Waals surface area contributed by atoms with Crippen molar-refractivity contribution in [3.63, 3.8) is 0 Å². The Bertz CT molecular complexity index is 742. The van der Waals surface area contributed by atoms with Crippen molar-refractivity contribution in [2.45, 2.75) is 75.3 Å². The molecule has 4 saturated carbocycles. The van der Waals surface area contributed by atoms with Crippen molar-refractivity contribution in [2.75, 3.05) is 13.1 Å². The lowest BCUT2D eigenvalue weighted by atomic mass is 9.50. The molecule has 5 fully saturated rings. The first-order chi connectivity index (χ1) is 12.5. The second-order valence-corrected chi connectivity index (χ2v) is 10.8. The van der Waals surface area contributed by atoms with Gasteiger partial charge in [-0.05, 0) is 68.4 Å². The maximum atomic E-state index is 13.2. The van der Waals surface area contributed by atoms with E-state index in [1.807, 2.05) is 0 Å². The van der Waals surface area contributed by atoms with Crippen molar-refractivity contribution >= 4 is 10.2 Å². The molecule has 1 aromatic heterocycles. The third-order valence-electron chi connectivity index (χ3n) is 7.05. The molecular formula is C17H28N6O2S. The average Bonchev–Trinajstić information content (AvgIpc) is 2.96. The van der Waals surface area contributed by atoms with E-state index in [9.17, 15) is 8.42 Å². The molecule has 0 radical (unpaired) electrons. The molecule has 4 aliphatic carbocycles. The largest absolute Gasteiger partial charge is 0.279 e. The van der Waals surface area contributed by atoms with Crippen LogP contribution in [0.3, 0.4) is 0 Å². The number of rotatable bonds is 4. The van der Waals surface area contributed by atoms with Gasteiger partial charge in [-0.1, -0.05) is 12.8 Å². The second-order valence-electron chi connectivity index (χ2n) is 9.11. The van der Waals surface area contributed by atoms with Gasteiger partial charge < -0.3 is 0 Å². The van der Waals surface area contributed by atoms with Gasteiger partial charge >= 0.3 is 0 Å². The smallest absolute Gasteiger partial charge is 0.196 e. The standard InChI is InChI=1S/C17H28N6O2S/c24-26(25,22-5-3-1-2-4-6-22)20-16-8-14-7-15(9-16)11-17(10-14,12-16)23-19-13-18-21-23/h13-15,20H,1-12H2. The van der Waals surface area contributed by atoms with E-state index >= 15 is 0 Å². The topological polar surface area (TPSA) is 93.0 Å². The van der Waals surface area contributed by atoms with E-state index in [2.05, 4.69) is 20.1 Å². The number of nitrogens with zero attached hydrogens (tertiary/aromatic N) is 5. The molecule has 1 aliphatic heterocycles. The van der Waals surface area contributed by atoms with E-state index in [1.54, 1.807) is 9.10 Å². The van der Waals surface area contributed by atoms with Crippen molar-refractivity contribution in [3.05, 3.63) is 6.33 Å². The highest BCUT2D eigenvalue weighted by Crippen LogP contribution is 2.60. The average molecular weight is 381 g/mol. The van der Waals surface area contributed by atoms with Gasteiger partial charge in [0, 0.05) is 18.6 Å². The van der Waals surface area contributed by atoms with Crippen LogP contribution in [0, 0.1) is 11.8 Å². The Kier molecular flexibility index (Phi) is 3.92. The Morgan fingerprint density at radius 2 is 1.69 bits per heavy atom. The predicted octanol–water partition coefficient (Wildman–Crippen LogP) is 1.43. The van der Waals surface area contributed by atoms with E-state index in [4.69, 9.17) is 0 Å². The van der Waals surface area contributed by atoms with Gasteiger partial charge in [0.25, 0.3) is 10.2 Å². The number of aromatic nitrogens is 4. The molecule has 1 aromatic rings. The lowest BCUT2D eigenvalue weighted by molar-refractivity contribution is -0.0772. The lowest BCUT2D eigenvalue weighted by Gasteiger charge is -2.61. The van der Waals surface area contributed by atoms with Gasteiger partial charge in [0.2, 0.25) is 0 Å². The molecular weight excluding hydrogens is 352 g/mol. The van der Waals surface area contributed by atoms with Crippen LogP contribution in [0.25, 0.3) is 0 Å². The van der Waals surface area contributed by atoms with Crippen LogP contribution in [0.2, 0.25) is 0 Å². The number of hydrogen-bond acceptors (Lipinski definition) is 5. The van der Waals surface area contributed by atoms with Crippen molar-refractivity contribution in [1.29, 1.82) is 0 Å². The van der Waals surface area contributed by atoms with Crippen LogP contribution in [0.5, 0.6) is 0 Å². The fourth-order valence-corrected chi connectivity index (χ4v) is 8.23. The molecule has 1 N–H and O–H groups in total. The quantitative estimate of drug-likeness (QED) is 0.853. The minimum atomic E-state index is -3.45. The molecule has 9 heteroatoms. The fraction of sp³-hybridized carbons (Fsp3) is 0.941. The lowest BCUT2D eigenvalue weighted by Crippen LogP contribution is -2.67. The third-order valence-corrected chi connectivity index (χ3v) is 8.79. The zero-order chi connectivity index (χ0) is 17.8. The molecule has 2 atom stereocenters. The maximum Gasteiger partial charge on any atom is 0.279 e. The molecule has 2 unspecified atom stereocenters. The van der Waals surface area contributed by atoms with E-state index in [1.165, 1.54) is 12.7 Å². The van der Waals surface area contributed by atoms with Crippen molar-refractivity contribution in [3.8, 4) is 0 Å². The van der Waals surface area contributed by atoms with Gasteiger partial charge in [-0.15, -0.1) is 10.2 Å². The zero-order valence-electron chi connectivity index (χ0n) is 15.2. The minimum absolute atomic E-state index is 0.165. The van der Waals surface area contributed by atoms with Crippen LogP contribution >= 0.6 is 0 Å². The highest BCUT2D eigenvalue weighted by atomic mass is 32.2. The second kappa shape index (κ2) is 5.97. The predicted molar refractivity (Wildman–Crippen MR) is 95.3 cm³/mol. The summed E-state index contributed by atoms with van der Waals surface area (Å²) in [6, 6.07) is 0. The molecule has 2 heterocycles. The number of tetrazole rings is 1. The van der Waals surface area contributed by atoms with Crippen LogP contribution in [-0.2, 0) is 15.7 Å². The molecule has 0 spiro atoms. The highest BCUT2D eigenvalue weighted by molar-refractivity contribution is 7.87. The Morgan fingerprint density at radius 1 is 1.00 bits per heavy atom. The van der Waals surface area contributed by atoms with E-state index in [0.717, 1.165) is 57.8 Å². The Labute approximate surface area is 154 Å². The summed E-state index contributed by atoms with van der Waals surface area (Å²) in [6.45, 7) is 1.29. The van der Waals surface area contributed by atoms with Crippen molar-refractivity contribution in [1.82, 2.24) is 29.2 Å². The summed E-state index contributed by atoms with van der Waals surface area (Å²) >= 11 is 0. The van der Waals surface area contributed by atoms with Gasteiger partial charge in [-0.3, -0.25) is 0 Å². The van der Waals surface area contributed by atoms with Crippen LogP contribution < -0.4 is 4.72 Å². The summed E-state index contributed by atoms with van der Waals surface area (Å²) in [5.74, 6) is 1.10. The molecule has 0 amide bonds. The first-order valence-corrected chi connectivity index (χ1v) is 11.5. The summed E-state index contributed by atoms with van der Waals surface area (Å²) in [4.78, 5) is 1.78. The van der Waals surface area contributed by atoms with Gasteiger partial charge in [-0.2, -0.15) is 22.2 Å². The summed E-state index contributed by atoms with van der Waals surface area (Å²) in [7, 11) is -3.45. The fourth-order valence-electron chi connectivity index (χ4n) is 6.57. The van der Waals surface area contributed by atoms with Crippen LogP contribution in [0.15, 0.2) is 6.33 Å². The minimum Gasteiger partial charge on any atom is -0.196 e. The monoisotopic (exact) mass is 380 g/mol. The first-order valence-electron chi connectivity index (χ1n) is 10.0. The Hall–Kier alpha value is -1.06. The van der Waals surface area contributed by atoms with Crippen LogP contribution in [0.1, 0.15) is 64.2 Å². The van der Waals surface area contributed by atoms with Gasteiger partial charge in [0.1, 0.15) is 0 Å². The summed E-state index contributed by atoms with van der Waals surface area (Å²) in [6.07, 6.45) is 11.7. The zero-order valence-corrected chi connectivity index (χ0v) is 16.0. The molecule has 26 heavy (non-hydrogen) atoms. The molecule has 6 rings (SSSR count). The van der Waals surface area contributed by atoms with E-state index in [0.29, 0.717) is 24.9 Å². The van der Waals surface area contributed by atoms with Crippen LogP contribution in [-0.4, -0.2) is 51.6 Å². The Morgan fingerprint density at radius 3 is 2.31 bits per heavy atom. The van der Waals surface area contributed by atoms with E-state index in [-0.39, 0.29) is 11.1 Å². The number of nitrogens with one attached hydrogen (secondary N) is 1. The summed E-state index contributed by atoms with van der Waals surface area (Å²) < 4.78 is 31.2. The molecule has 5 aliphatic rings. The SMILES string of the molecule is O=S(=O)(NC12CC3CC(C1)CC(n1ncnn1)(C3)C2)N1CCCCCC1. The highest BCUT2D eigenvalue weighted by Gasteiger charge is 2.60. The van der Waals surface area contributed by atoms with Gasteiger partial charge in [-0.25, -0.2) is 0 Å². The van der Waals surface area contributed by atoms with E-state index < -0.39 is 10.2 Å². The molecule has 1 saturated heterocycles. The molecule has 8 nitrogen and oxygen atoms in total. The Balaban J connectivity index is 1.43. The maximum absolute atomic E-state index is 13.2. The molecule has 4 bridgehead atoms.